The maximum Gasteiger partial charge on any atom is 0.354 e. The third kappa shape index (κ3) is 2.93. The summed E-state index contributed by atoms with van der Waals surface area (Å²) in [5.74, 6) is 0.558. The van der Waals surface area contributed by atoms with Gasteiger partial charge in [-0.25, -0.2) is 18.8 Å². The minimum atomic E-state index is -3.55. The lowest BCUT2D eigenvalue weighted by molar-refractivity contribution is 0.130. The molecule has 0 spiro atoms. The van der Waals surface area contributed by atoms with Gasteiger partial charge in [0.25, 0.3) is 0 Å². The molecule has 2 heterocycles. The van der Waals surface area contributed by atoms with E-state index in [0.29, 0.717) is 12.5 Å². The number of amides is 2. The van der Waals surface area contributed by atoms with E-state index in [9.17, 15) is 14.1 Å². The van der Waals surface area contributed by atoms with Gasteiger partial charge in [0.1, 0.15) is 11.0 Å². The number of nitrogens with one attached hydrogen (secondary N) is 1. The first-order valence-corrected chi connectivity index (χ1v) is 11.3. The van der Waals surface area contributed by atoms with Crippen molar-refractivity contribution in [3.63, 3.8) is 0 Å². The minimum absolute atomic E-state index is 0.0586. The Morgan fingerprint density at radius 1 is 1.48 bits per heavy atom. The van der Waals surface area contributed by atoms with Crippen LogP contribution in [0, 0.1) is 0 Å². The summed E-state index contributed by atoms with van der Waals surface area (Å²) in [5.41, 5.74) is 5.66. The molecule has 154 valence electrons. The van der Waals surface area contributed by atoms with Gasteiger partial charge in [-0.15, -0.1) is 4.36 Å². The number of ether oxygens (including phenoxy) is 1. The number of carbonyl (C=O) groups excluding carboxylic acids is 1. The van der Waals surface area contributed by atoms with Crippen LogP contribution in [0.3, 0.4) is 0 Å². The largest absolute Gasteiger partial charge is 0.469 e. The average Bonchev–Trinajstić information content (AvgIpc) is 3.34. The topological polar surface area (TPSA) is 132 Å². The summed E-state index contributed by atoms with van der Waals surface area (Å²) in [7, 11) is -3.55. The number of fused-ring (bicyclic) bond motifs is 3. The first-order chi connectivity index (χ1) is 13.9. The lowest BCUT2D eigenvalue weighted by Crippen LogP contribution is -2.23. The molecule has 1 unspecified atom stereocenters. The summed E-state index contributed by atoms with van der Waals surface area (Å²) in [6.45, 7) is 2.26. The van der Waals surface area contributed by atoms with Gasteiger partial charge in [-0.05, 0) is 53.9 Å². The highest BCUT2D eigenvalue weighted by molar-refractivity contribution is 7.91. The number of aliphatic hydroxyl groups excluding tert-OH is 1. The number of benzene rings is 1. The number of nitrogens with two attached hydrogens (primary N) is 1. The van der Waals surface area contributed by atoms with Gasteiger partial charge >= 0.3 is 6.03 Å². The second kappa shape index (κ2) is 6.54. The summed E-state index contributed by atoms with van der Waals surface area (Å²) < 4.78 is 23.8. The Balaban J connectivity index is 1.46. The van der Waals surface area contributed by atoms with E-state index in [4.69, 9.17) is 9.88 Å². The van der Waals surface area contributed by atoms with E-state index < -0.39 is 22.1 Å². The normalized spacial score (nSPS) is 23.3. The first kappa shape index (κ1) is 18.6. The molecule has 1 aliphatic heterocycles. The van der Waals surface area contributed by atoms with Crippen LogP contribution < -0.4 is 15.2 Å². The van der Waals surface area contributed by atoms with Crippen LogP contribution in [-0.2, 0) is 35.7 Å². The molecule has 0 fully saturated rings. The summed E-state index contributed by atoms with van der Waals surface area (Å²) in [5, 5.41) is 22.1. The molecule has 2 aromatic rings. The van der Waals surface area contributed by atoms with E-state index in [1.807, 2.05) is 0 Å². The molecule has 9 nitrogen and oxygen atoms in total. The smallest absolute Gasteiger partial charge is 0.354 e. The summed E-state index contributed by atoms with van der Waals surface area (Å²) in [6.07, 6.45) is 4.81. The van der Waals surface area contributed by atoms with Gasteiger partial charge in [-0.1, -0.05) is 13.0 Å². The monoisotopic (exact) mass is 417 g/mol. The van der Waals surface area contributed by atoms with Gasteiger partial charge < -0.3 is 15.2 Å². The van der Waals surface area contributed by atoms with E-state index in [1.54, 1.807) is 0 Å². The van der Waals surface area contributed by atoms with E-state index in [1.165, 1.54) is 22.0 Å². The molecule has 4 N–H and O–H groups in total. The molecule has 3 atom stereocenters. The van der Waals surface area contributed by atoms with Crippen LogP contribution in [0.15, 0.2) is 21.5 Å². The molecule has 0 radical (unpaired) electrons. The Labute approximate surface area is 168 Å². The third-order valence-corrected chi connectivity index (χ3v) is 7.28. The number of aliphatic hydroxyl groups is 1. The maximum atomic E-state index is 13.0. The molecular formula is C19H23N5O4S. The van der Waals surface area contributed by atoms with Gasteiger partial charge in [-0.3, -0.25) is 0 Å². The zero-order valence-corrected chi connectivity index (χ0v) is 16.9. The lowest BCUT2D eigenvalue weighted by atomic mass is 9.75. The quantitative estimate of drug-likeness (QED) is 0.700. The van der Waals surface area contributed by atoms with Crippen LogP contribution in [0.5, 0.6) is 5.88 Å². The predicted molar refractivity (Wildman–Crippen MR) is 106 cm³/mol. The number of anilines is 1. The second-order valence-electron chi connectivity index (χ2n) is 7.93. The van der Waals surface area contributed by atoms with Gasteiger partial charge in [0.15, 0.2) is 9.92 Å². The minimum Gasteiger partial charge on any atom is -0.469 e. The molecule has 5 rings (SSSR count). The van der Waals surface area contributed by atoms with Crippen molar-refractivity contribution >= 4 is 21.6 Å². The number of nitrogens with zero attached hydrogens (tertiary/aromatic N) is 3. The fourth-order valence-electron chi connectivity index (χ4n) is 4.59. The van der Waals surface area contributed by atoms with E-state index in [0.717, 1.165) is 42.5 Å². The Morgan fingerprint density at radius 3 is 3.07 bits per heavy atom. The Hall–Kier alpha value is -2.43. The number of carbonyl (C=O) groups is 1. The van der Waals surface area contributed by atoms with Gasteiger partial charge in [0.2, 0.25) is 5.88 Å². The molecule has 0 bridgehead atoms. The highest BCUT2D eigenvalue weighted by Crippen LogP contribution is 2.45. The summed E-state index contributed by atoms with van der Waals surface area (Å²) >= 11 is 0. The van der Waals surface area contributed by atoms with E-state index >= 15 is 0 Å². The van der Waals surface area contributed by atoms with Crippen molar-refractivity contribution in [1.29, 1.82) is 0 Å². The van der Waals surface area contributed by atoms with Gasteiger partial charge in [-0.2, -0.15) is 5.10 Å². The predicted octanol–water partition coefficient (Wildman–Crippen LogP) is 1.72. The molecule has 0 saturated carbocycles. The van der Waals surface area contributed by atoms with Crippen LogP contribution in [-0.4, -0.2) is 37.8 Å². The number of aromatic nitrogens is 2. The fraction of sp³-hybridized carbons (Fsp3) is 0.474. The molecule has 2 amide bonds. The van der Waals surface area contributed by atoms with E-state index in [-0.39, 0.29) is 17.4 Å². The van der Waals surface area contributed by atoms with Crippen molar-refractivity contribution in [3.05, 3.63) is 34.5 Å². The molecular weight excluding hydrogens is 394 g/mol. The van der Waals surface area contributed by atoms with Crippen molar-refractivity contribution in [2.45, 2.75) is 56.1 Å². The van der Waals surface area contributed by atoms with Crippen molar-refractivity contribution in [2.75, 3.05) is 11.9 Å². The van der Waals surface area contributed by atoms with Crippen molar-refractivity contribution in [1.82, 2.24) is 9.78 Å². The lowest BCUT2D eigenvalue weighted by Gasteiger charge is -2.31. The van der Waals surface area contributed by atoms with Crippen LogP contribution in [0.4, 0.5) is 10.5 Å². The van der Waals surface area contributed by atoms with Gasteiger partial charge in [0, 0.05) is 5.69 Å². The average molecular weight is 417 g/mol. The zero-order valence-electron chi connectivity index (χ0n) is 16.1. The number of hydrogen-bond donors (Lipinski definition) is 3. The molecule has 0 saturated heterocycles. The summed E-state index contributed by atoms with van der Waals surface area (Å²) in [6, 6.07) is 1.51. The number of urea groups is 1. The first-order valence-electron chi connectivity index (χ1n) is 9.74. The standard InChI is InChI=1S/C19H23N5O4S/c1-10-5-12-6-11-3-2-4-14(11)17(16(10)12)22-19(26)23-29(20,27)15-7-21-24-8-13(9-25)28-18(15)24/h6-7,10,13,25H,2-5,8-9H2,1H3,(H3,20,22,23,26,27)/t10-,13-,29?/m1/s1. The molecule has 29 heavy (non-hydrogen) atoms. The number of aryl methyl sites for hydroxylation is 1. The SMILES string of the molecule is C[C@@H]1Cc2cc3c(c(NC(=O)N=S(N)(=O)c4cnn5c4O[C@@H](CO)C5)c21)CCC3. The third-order valence-electron chi connectivity index (χ3n) is 5.93. The summed E-state index contributed by atoms with van der Waals surface area (Å²) in [4.78, 5) is 12.8. The van der Waals surface area contributed by atoms with Crippen LogP contribution >= 0.6 is 0 Å². The van der Waals surface area contributed by atoms with Crippen LogP contribution in [0.25, 0.3) is 0 Å². The highest BCUT2D eigenvalue weighted by Gasteiger charge is 2.33. The second-order valence-corrected chi connectivity index (χ2v) is 9.69. The Kier molecular flexibility index (Phi) is 4.19. The van der Waals surface area contributed by atoms with Gasteiger partial charge in [0.05, 0.1) is 19.3 Å². The Morgan fingerprint density at radius 2 is 2.31 bits per heavy atom. The molecule has 2 aliphatic carbocycles. The number of hydrogen-bond acceptors (Lipinski definition) is 5. The Bertz CT molecular complexity index is 1140. The highest BCUT2D eigenvalue weighted by atomic mass is 32.2. The van der Waals surface area contributed by atoms with E-state index in [2.05, 4.69) is 27.8 Å². The fourth-order valence-corrected chi connectivity index (χ4v) is 5.58. The zero-order chi connectivity index (χ0) is 20.3. The van der Waals surface area contributed by atoms with Crippen molar-refractivity contribution < 1.29 is 18.8 Å². The molecule has 10 heteroatoms. The van der Waals surface area contributed by atoms with Crippen molar-refractivity contribution in [2.24, 2.45) is 9.50 Å². The maximum absolute atomic E-state index is 13.0. The van der Waals surface area contributed by atoms with Crippen LogP contribution in [0.1, 0.15) is 41.5 Å². The molecule has 3 aliphatic rings. The van der Waals surface area contributed by atoms with Crippen LogP contribution in [0.2, 0.25) is 0 Å². The molecule has 1 aromatic carbocycles. The number of rotatable bonds is 3. The van der Waals surface area contributed by atoms with Crippen molar-refractivity contribution in [3.8, 4) is 5.88 Å². The molecule has 1 aromatic heterocycles.